The Morgan fingerprint density at radius 3 is 2.91 bits per heavy atom. The number of pyridine rings is 1. The van der Waals surface area contributed by atoms with Gasteiger partial charge >= 0.3 is 0 Å². The van der Waals surface area contributed by atoms with Crippen molar-refractivity contribution in [1.29, 1.82) is 0 Å². The highest BCUT2D eigenvalue weighted by Gasteiger charge is 2.16. The number of carbonyl (C=O) groups excluding carboxylic acids is 1. The van der Waals surface area contributed by atoms with Gasteiger partial charge in [-0.1, -0.05) is 19.4 Å². The van der Waals surface area contributed by atoms with Gasteiger partial charge in [-0.05, 0) is 38.0 Å². The van der Waals surface area contributed by atoms with Gasteiger partial charge in [0.2, 0.25) is 0 Å². The summed E-state index contributed by atoms with van der Waals surface area (Å²) in [5.41, 5.74) is 3.73. The van der Waals surface area contributed by atoms with Crippen molar-refractivity contribution in [2.24, 2.45) is 7.05 Å². The third kappa shape index (κ3) is 3.93. The predicted octanol–water partition coefficient (Wildman–Crippen LogP) is 2.44. The molecule has 0 aliphatic heterocycles. The number of hydrogen-bond donors (Lipinski definition) is 1. The van der Waals surface area contributed by atoms with E-state index in [-0.39, 0.29) is 11.9 Å². The average molecular weight is 300 g/mol. The van der Waals surface area contributed by atoms with Crippen molar-refractivity contribution in [3.05, 3.63) is 47.0 Å². The molecule has 1 atom stereocenters. The minimum absolute atomic E-state index is 0.0191. The largest absolute Gasteiger partial charge is 0.348 e. The molecule has 1 unspecified atom stereocenters. The molecule has 0 aliphatic carbocycles. The molecule has 2 aromatic rings. The van der Waals surface area contributed by atoms with Crippen LogP contribution in [0, 0.1) is 6.92 Å². The molecule has 1 N–H and O–H groups in total. The van der Waals surface area contributed by atoms with Crippen molar-refractivity contribution < 1.29 is 4.79 Å². The van der Waals surface area contributed by atoms with Crippen LogP contribution in [-0.4, -0.2) is 26.7 Å². The maximum Gasteiger partial charge on any atom is 0.269 e. The van der Waals surface area contributed by atoms with E-state index < -0.39 is 0 Å². The van der Waals surface area contributed by atoms with Gasteiger partial charge in [0.1, 0.15) is 5.69 Å². The van der Waals surface area contributed by atoms with Gasteiger partial charge in [-0.2, -0.15) is 5.10 Å². The number of nitrogens with one attached hydrogen (secondary N) is 1. The fourth-order valence-electron chi connectivity index (χ4n) is 2.49. The van der Waals surface area contributed by atoms with Crippen molar-refractivity contribution in [2.75, 3.05) is 0 Å². The fraction of sp³-hybridized carbons (Fsp3) is 0.471. The highest BCUT2D eigenvalue weighted by atomic mass is 16.2. The van der Waals surface area contributed by atoms with E-state index in [1.165, 1.54) is 0 Å². The molecule has 0 saturated carbocycles. The molecule has 5 heteroatoms. The van der Waals surface area contributed by atoms with Gasteiger partial charge in [-0.25, -0.2) is 0 Å². The van der Waals surface area contributed by atoms with Crippen LogP contribution < -0.4 is 5.32 Å². The Hall–Kier alpha value is -2.17. The first-order valence-corrected chi connectivity index (χ1v) is 7.75. The van der Waals surface area contributed by atoms with Gasteiger partial charge in [0, 0.05) is 31.4 Å². The van der Waals surface area contributed by atoms with Crippen LogP contribution >= 0.6 is 0 Å². The molecule has 2 heterocycles. The summed E-state index contributed by atoms with van der Waals surface area (Å²) in [6.45, 7) is 6.13. The number of aryl methyl sites for hydroxylation is 3. The van der Waals surface area contributed by atoms with Gasteiger partial charge in [0.25, 0.3) is 5.91 Å². The second-order valence-corrected chi connectivity index (χ2v) is 5.74. The number of rotatable bonds is 6. The van der Waals surface area contributed by atoms with Crippen molar-refractivity contribution in [1.82, 2.24) is 20.1 Å². The maximum atomic E-state index is 12.4. The van der Waals surface area contributed by atoms with E-state index in [1.807, 2.05) is 39.1 Å². The van der Waals surface area contributed by atoms with E-state index in [9.17, 15) is 4.79 Å². The lowest BCUT2D eigenvalue weighted by molar-refractivity contribution is 0.0930. The van der Waals surface area contributed by atoms with Crippen LogP contribution in [0.1, 0.15) is 47.7 Å². The zero-order chi connectivity index (χ0) is 16.1. The number of amides is 1. The van der Waals surface area contributed by atoms with E-state index in [4.69, 9.17) is 0 Å². The van der Waals surface area contributed by atoms with E-state index in [0.29, 0.717) is 5.69 Å². The van der Waals surface area contributed by atoms with Crippen LogP contribution in [0.4, 0.5) is 0 Å². The molecular weight excluding hydrogens is 276 g/mol. The lowest BCUT2D eigenvalue weighted by Crippen LogP contribution is -2.35. The number of nitrogens with zero attached hydrogens (tertiary/aromatic N) is 3. The Kier molecular flexibility index (Phi) is 5.31. The third-order valence-electron chi connectivity index (χ3n) is 3.66. The predicted molar refractivity (Wildman–Crippen MR) is 86.8 cm³/mol. The Bertz CT molecular complexity index is 648. The van der Waals surface area contributed by atoms with E-state index in [1.54, 1.807) is 10.9 Å². The summed E-state index contributed by atoms with van der Waals surface area (Å²) in [5, 5.41) is 7.40. The Labute approximate surface area is 131 Å². The molecule has 2 aromatic heterocycles. The van der Waals surface area contributed by atoms with Gasteiger partial charge < -0.3 is 5.32 Å². The summed E-state index contributed by atoms with van der Waals surface area (Å²) >= 11 is 0. The first-order chi connectivity index (χ1) is 10.5. The molecule has 0 aliphatic rings. The molecule has 0 bridgehead atoms. The van der Waals surface area contributed by atoms with Gasteiger partial charge in [-0.15, -0.1) is 0 Å². The standard InChI is InChI=1S/C17H24N4O/c1-5-7-14-11-16(21(4)20-14)17(22)19-13(3)10-15-12(2)8-6-9-18-15/h6,8-9,11,13H,5,7,10H2,1-4H3,(H,19,22). The molecule has 0 radical (unpaired) electrons. The molecule has 0 aromatic carbocycles. The van der Waals surface area contributed by atoms with E-state index >= 15 is 0 Å². The van der Waals surface area contributed by atoms with Crippen molar-refractivity contribution in [2.45, 2.75) is 46.1 Å². The fourth-order valence-corrected chi connectivity index (χ4v) is 2.49. The van der Waals surface area contributed by atoms with Crippen molar-refractivity contribution in [3.8, 4) is 0 Å². The Morgan fingerprint density at radius 2 is 2.23 bits per heavy atom. The molecule has 1 amide bonds. The van der Waals surface area contributed by atoms with Crippen molar-refractivity contribution >= 4 is 5.91 Å². The van der Waals surface area contributed by atoms with Gasteiger partial charge in [0.05, 0.1) is 5.69 Å². The summed E-state index contributed by atoms with van der Waals surface area (Å²) in [5.74, 6) is -0.0848. The first kappa shape index (κ1) is 16.2. The zero-order valence-corrected chi connectivity index (χ0v) is 13.8. The summed E-state index contributed by atoms with van der Waals surface area (Å²) in [4.78, 5) is 16.8. The smallest absolute Gasteiger partial charge is 0.269 e. The average Bonchev–Trinajstić information content (AvgIpc) is 2.83. The molecule has 0 spiro atoms. The minimum atomic E-state index is -0.0848. The van der Waals surface area contributed by atoms with Gasteiger partial charge in [-0.3, -0.25) is 14.5 Å². The summed E-state index contributed by atoms with van der Waals surface area (Å²) in [7, 11) is 1.81. The lowest BCUT2D eigenvalue weighted by atomic mass is 10.1. The second kappa shape index (κ2) is 7.20. The summed E-state index contributed by atoms with van der Waals surface area (Å²) < 4.78 is 1.65. The van der Waals surface area contributed by atoms with Crippen LogP contribution in [-0.2, 0) is 19.9 Å². The highest BCUT2D eigenvalue weighted by Crippen LogP contribution is 2.09. The minimum Gasteiger partial charge on any atom is -0.348 e. The molecule has 2 rings (SSSR count). The number of carbonyl (C=O) groups is 1. The molecule has 0 saturated heterocycles. The quantitative estimate of drug-likeness (QED) is 0.891. The lowest BCUT2D eigenvalue weighted by Gasteiger charge is -2.14. The molecule has 22 heavy (non-hydrogen) atoms. The van der Waals surface area contributed by atoms with Crippen molar-refractivity contribution in [3.63, 3.8) is 0 Å². The molecule has 5 nitrogen and oxygen atoms in total. The SMILES string of the molecule is CCCc1cc(C(=O)NC(C)Cc2ncccc2C)n(C)n1. The van der Waals surface area contributed by atoms with Gasteiger partial charge in [0.15, 0.2) is 0 Å². The summed E-state index contributed by atoms with van der Waals surface area (Å²) in [6.07, 6.45) is 4.42. The van der Waals surface area contributed by atoms with Crippen LogP contribution in [0.2, 0.25) is 0 Å². The zero-order valence-electron chi connectivity index (χ0n) is 13.8. The first-order valence-electron chi connectivity index (χ1n) is 7.75. The third-order valence-corrected chi connectivity index (χ3v) is 3.66. The Balaban J connectivity index is 2.01. The monoisotopic (exact) mass is 300 g/mol. The van der Waals surface area contributed by atoms with E-state index in [0.717, 1.165) is 36.2 Å². The van der Waals surface area contributed by atoms with Crippen LogP contribution in [0.3, 0.4) is 0 Å². The van der Waals surface area contributed by atoms with Crippen LogP contribution in [0.15, 0.2) is 24.4 Å². The maximum absolute atomic E-state index is 12.4. The van der Waals surface area contributed by atoms with Crippen LogP contribution in [0.5, 0.6) is 0 Å². The normalized spacial score (nSPS) is 12.2. The number of aromatic nitrogens is 3. The Morgan fingerprint density at radius 1 is 1.45 bits per heavy atom. The number of hydrogen-bond acceptors (Lipinski definition) is 3. The topological polar surface area (TPSA) is 59.8 Å². The molecular formula is C17H24N4O. The molecule has 0 fully saturated rings. The molecule has 118 valence electrons. The summed E-state index contributed by atoms with van der Waals surface area (Å²) in [6, 6.07) is 5.85. The highest BCUT2D eigenvalue weighted by molar-refractivity contribution is 5.92. The van der Waals surface area contributed by atoms with Crippen LogP contribution in [0.25, 0.3) is 0 Å². The van der Waals surface area contributed by atoms with E-state index in [2.05, 4.69) is 22.3 Å². The second-order valence-electron chi connectivity index (χ2n) is 5.74.